The van der Waals surface area contributed by atoms with E-state index in [0.717, 1.165) is 11.1 Å². The monoisotopic (exact) mass is 223 g/mol. The number of nitriles is 1. The van der Waals surface area contributed by atoms with Crippen molar-refractivity contribution in [2.45, 2.75) is 0 Å². The number of hydrogen-bond donors (Lipinski definition) is 2. The van der Waals surface area contributed by atoms with Gasteiger partial charge in [-0.15, -0.1) is 0 Å². The molecule has 0 fully saturated rings. The summed E-state index contributed by atoms with van der Waals surface area (Å²) >= 11 is 0. The summed E-state index contributed by atoms with van der Waals surface area (Å²) < 4.78 is 0. The van der Waals surface area contributed by atoms with Gasteiger partial charge in [-0.3, -0.25) is 0 Å². The average molecular weight is 223 g/mol. The van der Waals surface area contributed by atoms with Crippen LogP contribution in [0.4, 0.5) is 0 Å². The van der Waals surface area contributed by atoms with Gasteiger partial charge in [0, 0.05) is 0 Å². The van der Waals surface area contributed by atoms with Crippen LogP contribution in [0, 0.1) is 11.3 Å². The molecule has 0 aliphatic rings. The van der Waals surface area contributed by atoms with Crippen molar-refractivity contribution in [2.24, 2.45) is 0 Å². The van der Waals surface area contributed by atoms with Gasteiger partial charge >= 0.3 is 7.12 Å². The summed E-state index contributed by atoms with van der Waals surface area (Å²) in [5.74, 6) is 0. The molecule has 2 rings (SSSR count). The van der Waals surface area contributed by atoms with Crippen LogP contribution >= 0.6 is 0 Å². The minimum Gasteiger partial charge on any atom is -0.423 e. The molecule has 0 aliphatic heterocycles. The molecule has 4 heteroatoms. The molecule has 82 valence electrons. The molecule has 2 aromatic carbocycles. The van der Waals surface area contributed by atoms with Gasteiger partial charge in [0.15, 0.2) is 0 Å². The summed E-state index contributed by atoms with van der Waals surface area (Å²) in [4.78, 5) is 0. The van der Waals surface area contributed by atoms with E-state index in [-0.39, 0.29) is 11.0 Å². The molecule has 0 bridgehead atoms. The SMILES string of the molecule is N#Cc1cc(-c2ccccc2)ccc1B(O)O. The van der Waals surface area contributed by atoms with Crippen LogP contribution in [-0.2, 0) is 0 Å². The van der Waals surface area contributed by atoms with Crippen molar-refractivity contribution in [3.8, 4) is 17.2 Å². The molecule has 0 aliphatic carbocycles. The molecule has 17 heavy (non-hydrogen) atoms. The fraction of sp³-hybridized carbons (Fsp3) is 0. The maximum absolute atomic E-state index is 9.10. The first kappa shape index (κ1) is 11.4. The first-order valence-electron chi connectivity index (χ1n) is 5.18. The Hall–Kier alpha value is -2.09. The zero-order valence-electron chi connectivity index (χ0n) is 9.04. The smallest absolute Gasteiger partial charge is 0.423 e. The molecule has 0 heterocycles. The van der Waals surface area contributed by atoms with Crippen molar-refractivity contribution in [3.63, 3.8) is 0 Å². The van der Waals surface area contributed by atoms with Crippen LogP contribution in [0.15, 0.2) is 48.5 Å². The third-order valence-electron chi connectivity index (χ3n) is 2.56. The maximum atomic E-state index is 9.10. The van der Waals surface area contributed by atoms with Gasteiger partial charge in [-0.1, -0.05) is 42.5 Å². The van der Waals surface area contributed by atoms with Crippen LogP contribution < -0.4 is 5.46 Å². The number of rotatable bonds is 2. The highest BCUT2D eigenvalue weighted by atomic mass is 16.4. The van der Waals surface area contributed by atoms with E-state index < -0.39 is 7.12 Å². The second-order valence-electron chi connectivity index (χ2n) is 3.65. The molecular formula is C13H10BNO2. The molecule has 0 spiro atoms. The van der Waals surface area contributed by atoms with Crippen molar-refractivity contribution in [1.29, 1.82) is 5.26 Å². The predicted octanol–water partition coefficient (Wildman–Crippen LogP) is 0.905. The zero-order chi connectivity index (χ0) is 12.3. The van der Waals surface area contributed by atoms with Crippen molar-refractivity contribution in [2.75, 3.05) is 0 Å². The second kappa shape index (κ2) is 4.83. The minimum absolute atomic E-state index is 0.229. The lowest BCUT2D eigenvalue weighted by Crippen LogP contribution is -2.32. The van der Waals surface area contributed by atoms with E-state index in [2.05, 4.69) is 0 Å². The highest BCUT2D eigenvalue weighted by Crippen LogP contribution is 2.18. The third kappa shape index (κ3) is 2.36. The summed E-state index contributed by atoms with van der Waals surface area (Å²) in [6.45, 7) is 0. The molecule has 0 aromatic heterocycles. The molecule has 0 saturated heterocycles. The third-order valence-corrected chi connectivity index (χ3v) is 2.56. The van der Waals surface area contributed by atoms with Crippen LogP contribution in [0.1, 0.15) is 5.56 Å². The lowest BCUT2D eigenvalue weighted by Gasteiger charge is -2.06. The van der Waals surface area contributed by atoms with E-state index >= 15 is 0 Å². The molecule has 0 unspecified atom stereocenters. The number of hydrogen-bond acceptors (Lipinski definition) is 3. The first-order valence-corrected chi connectivity index (χ1v) is 5.18. The van der Waals surface area contributed by atoms with Crippen LogP contribution in [-0.4, -0.2) is 17.2 Å². The molecule has 0 radical (unpaired) electrons. The van der Waals surface area contributed by atoms with E-state index in [0.29, 0.717) is 0 Å². The standard InChI is InChI=1S/C13H10BNO2/c15-9-12-8-11(6-7-13(12)14(16)17)10-4-2-1-3-5-10/h1-8,16-17H. The number of benzene rings is 2. The van der Waals surface area contributed by atoms with Gasteiger partial charge in [-0.05, 0) is 22.7 Å². The zero-order valence-corrected chi connectivity index (χ0v) is 9.04. The predicted molar refractivity (Wildman–Crippen MR) is 66.4 cm³/mol. The van der Waals surface area contributed by atoms with Gasteiger partial charge in [0.2, 0.25) is 0 Å². The second-order valence-corrected chi connectivity index (χ2v) is 3.65. The van der Waals surface area contributed by atoms with Gasteiger partial charge in [-0.25, -0.2) is 0 Å². The van der Waals surface area contributed by atoms with Crippen LogP contribution in [0.5, 0.6) is 0 Å². The highest BCUT2D eigenvalue weighted by molar-refractivity contribution is 6.59. The van der Waals surface area contributed by atoms with Crippen LogP contribution in [0.3, 0.4) is 0 Å². The Labute approximate surface area is 99.7 Å². The topological polar surface area (TPSA) is 64.2 Å². The van der Waals surface area contributed by atoms with E-state index in [9.17, 15) is 0 Å². The lowest BCUT2D eigenvalue weighted by atomic mass is 9.76. The van der Waals surface area contributed by atoms with Crippen LogP contribution in [0.2, 0.25) is 0 Å². The lowest BCUT2D eigenvalue weighted by molar-refractivity contribution is 0.425. The van der Waals surface area contributed by atoms with Gasteiger partial charge in [0.1, 0.15) is 0 Å². The number of nitrogens with zero attached hydrogens (tertiary/aromatic N) is 1. The average Bonchev–Trinajstić information content (AvgIpc) is 2.39. The van der Waals surface area contributed by atoms with Gasteiger partial charge < -0.3 is 10.0 Å². The molecule has 0 amide bonds. The van der Waals surface area contributed by atoms with E-state index in [1.165, 1.54) is 0 Å². The van der Waals surface area contributed by atoms with Crippen molar-refractivity contribution < 1.29 is 10.0 Å². The normalized spacial score (nSPS) is 9.71. The Kier molecular flexibility index (Phi) is 3.24. The quantitative estimate of drug-likeness (QED) is 0.743. The fourth-order valence-electron chi connectivity index (χ4n) is 1.69. The van der Waals surface area contributed by atoms with Crippen LogP contribution in [0.25, 0.3) is 11.1 Å². The summed E-state index contributed by atoms with van der Waals surface area (Å²) in [5, 5.41) is 27.2. The Bertz CT molecular complexity index is 561. The van der Waals surface area contributed by atoms with Gasteiger partial charge in [0.05, 0.1) is 11.6 Å². The molecule has 2 aromatic rings. The summed E-state index contributed by atoms with van der Waals surface area (Å²) in [7, 11) is -1.62. The van der Waals surface area contributed by atoms with Crippen molar-refractivity contribution >= 4 is 12.6 Å². The molecule has 0 atom stereocenters. The Balaban J connectivity index is 2.50. The van der Waals surface area contributed by atoms with E-state index in [1.54, 1.807) is 18.2 Å². The van der Waals surface area contributed by atoms with Crippen molar-refractivity contribution in [1.82, 2.24) is 0 Å². The minimum atomic E-state index is -1.62. The van der Waals surface area contributed by atoms with Gasteiger partial charge in [0.25, 0.3) is 0 Å². The van der Waals surface area contributed by atoms with Gasteiger partial charge in [-0.2, -0.15) is 5.26 Å². The molecule has 0 saturated carbocycles. The Morgan fingerprint density at radius 1 is 0.941 bits per heavy atom. The van der Waals surface area contributed by atoms with E-state index in [4.69, 9.17) is 15.3 Å². The molecule has 3 nitrogen and oxygen atoms in total. The van der Waals surface area contributed by atoms with E-state index in [1.807, 2.05) is 36.4 Å². The largest absolute Gasteiger partial charge is 0.489 e. The Morgan fingerprint density at radius 2 is 1.65 bits per heavy atom. The first-order chi connectivity index (χ1) is 8.22. The summed E-state index contributed by atoms with van der Waals surface area (Å²) in [6, 6.07) is 16.6. The summed E-state index contributed by atoms with van der Waals surface area (Å²) in [6.07, 6.45) is 0. The highest BCUT2D eigenvalue weighted by Gasteiger charge is 2.16. The molecule has 2 N–H and O–H groups in total. The Morgan fingerprint density at radius 3 is 2.24 bits per heavy atom. The summed E-state index contributed by atoms with van der Waals surface area (Å²) in [5.41, 5.74) is 2.38. The fourth-order valence-corrected chi connectivity index (χ4v) is 1.69. The maximum Gasteiger partial charge on any atom is 0.489 e. The molecular weight excluding hydrogens is 213 g/mol. The van der Waals surface area contributed by atoms with Crippen molar-refractivity contribution in [3.05, 3.63) is 54.1 Å².